The van der Waals surface area contributed by atoms with Gasteiger partial charge in [-0.15, -0.1) is 0 Å². The van der Waals surface area contributed by atoms with Crippen LogP contribution in [0, 0.1) is 12.7 Å². The van der Waals surface area contributed by atoms with Crippen LogP contribution in [-0.2, 0) is 10.0 Å². The Balaban J connectivity index is 2.35. The predicted molar refractivity (Wildman–Crippen MR) is 71.2 cm³/mol. The van der Waals surface area contributed by atoms with Crippen LogP contribution >= 0.6 is 11.6 Å². The lowest BCUT2D eigenvalue weighted by molar-refractivity contribution is 0.599. The van der Waals surface area contributed by atoms with E-state index in [9.17, 15) is 12.8 Å². The third-order valence-corrected chi connectivity index (χ3v) is 3.97. The topological polar surface area (TPSA) is 59.1 Å². The van der Waals surface area contributed by atoms with E-state index in [4.69, 9.17) is 11.6 Å². The van der Waals surface area contributed by atoms with Crippen molar-refractivity contribution >= 4 is 27.4 Å². The maximum absolute atomic E-state index is 13.0. The van der Waals surface area contributed by atoms with Crippen LogP contribution in [0.5, 0.6) is 0 Å². The van der Waals surface area contributed by atoms with E-state index < -0.39 is 15.8 Å². The van der Waals surface area contributed by atoms with Crippen LogP contribution in [0.3, 0.4) is 0 Å². The minimum Gasteiger partial charge on any atom is -0.263 e. The van der Waals surface area contributed by atoms with Crippen LogP contribution in [0.25, 0.3) is 0 Å². The fraction of sp³-hybridized carbons (Fsp3) is 0.0833. The summed E-state index contributed by atoms with van der Waals surface area (Å²) in [5.41, 5.74) is 0.678. The second-order valence-corrected chi connectivity index (χ2v) is 5.94. The summed E-state index contributed by atoms with van der Waals surface area (Å²) in [7, 11) is -3.83. The van der Waals surface area contributed by atoms with Crippen molar-refractivity contribution in [1.29, 1.82) is 0 Å². The van der Waals surface area contributed by atoms with E-state index in [0.29, 0.717) is 5.69 Å². The Labute approximate surface area is 115 Å². The van der Waals surface area contributed by atoms with E-state index in [1.807, 2.05) is 0 Å². The van der Waals surface area contributed by atoms with E-state index in [1.54, 1.807) is 19.1 Å². The molecule has 2 aromatic rings. The van der Waals surface area contributed by atoms with Crippen LogP contribution in [-0.4, -0.2) is 13.4 Å². The molecule has 7 heteroatoms. The number of benzene rings is 1. The molecule has 1 aromatic carbocycles. The first-order valence-electron chi connectivity index (χ1n) is 5.30. The maximum Gasteiger partial charge on any atom is 0.263 e. The van der Waals surface area contributed by atoms with Crippen molar-refractivity contribution in [1.82, 2.24) is 4.98 Å². The highest BCUT2D eigenvalue weighted by atomic mass is 35.5. The molecular weight excluding hydrogens is 291 g/mol. The summed E-state index contributed by atoms with van der Waals surface area (Å²) in [6.45, 7) is 1.74. The van der Waals surface area contributed by atoms with Gasteiger partial charge in [-0.1, -0.05) is 17.7 Å². The van der Waals surface area contributed by atoms with Gasteiger partial charge in [0.1, 0.15) is 11.6 Å². The lowest BCUT2D eigenvalue weighted by Gasteiger charge is -2.08. The first kappa shape index (κ1) is 13.8. The molecular formula is C12H10ClFN2O2S. The van der Waals surface area contributed by atoms with Crippen molar-refractivity contribution < 1.29 is 12.8 Å². The minimum atomic E-state index is -3.83. The largest absolute Gasteiger partial charge is 0.263 e. The molecule has 1 heterocycles. The van der Waals surface area contributed by atoms with Gasteiger partial charge in [-0.25, -0.2) is 17.8 Å². The highest BCUT2D eigenvalue weighted by Crippen LogP contribution is 2.21. The number of nitrogens with one attached hydrogen (secondary N) is 1. The van der Waals surface area contributed by atoms with Crippen LogP contribution in [0.4, 0.5) is 10.2 Å². The molecule has 0 unspecified atom stereocenters. The zero-order valence-corrected chi connectivity index (χ0v) is 11.5. The van der Waals surface area contributed by atoms with Gasteiger partial charge in [0.25, 0.3) is 10.0 Å². The number of nitrogens with zero attached hydrogens (tertiary/aromatic N) is 1. The van der Waals surface area contributed by atoms with Gasteiger partial charge in [-0.05, 0) is 37.3 Å². The summed E-state index contributed by atoms with van der Waals surface area (Å²) in [5.74, 6) is -0.477. The molecule has 4 nitrogen and oxygen atoms in total. The van der Waals surface area contributed by atoms with Crippen molar-refractivity contribution in [3.8, 4) is 0 Å². The van der Waals surface area contributed by atoms with Gasteiger partial charge in [0, 0.05) is 5.69 Å². The SMILES string of the molecule is Cc1cccc(NS(=O)(=O)c2ccc(F)c(Cl)c2)n1. The molecule has 2 rings (SSSR count). The normalized spacial score (nSPS) is 11.3. The maximum atomic E-state index is 13.0. The third kappa shape index (κ3) is 3.21. The Bertz CT molecular complexity index is 719. The van der Waals surface area contributed by atoms with E-state index in [-0.39, 0.29) is 15.7 Å². The Morgan fingerprint density at radius 2 is 2.00 bits per heavy atom. The average Bonchev–Trinajstić information content (AvgIpc) is 2.32. The van der Waals surface area contributed by atoms with Crippen LogP contribution < -0.4 is 4.72 Å². The van der Waals surface area contributed by atoms with E-state index in [2.05, 4.69) is 9.71 Å². The Morgan fingerprint density at radius 3 is 2.63 bits per heavy atom. The lowest BCUT2D eigenvalue weighted by atomic mass is 10.3. The minimum absolute atomic E-state index is 0.123. The average molecular weight is 301 g/mol. The number of aromatic nitrogens is 1. The number of pyridine rings is 1. The molecule has 19 heavy (non-hydrogen) atoms. The lowest BCUT2D eigenvalue weighted by Crippen LogP contribution is -2.14. The summed E-state index contributed by atoms with van der Waals surface area (Å²) >= 11 is 5.57. The summed E-state index contributed by atoms with van der Waals surface area (Å²) < 4.78 is 39.4. The molecule has 0 atom stereocenters. The zero-order chi connectivity index (χ0) is 14.0. The summed E-state index contributed by atoms with van der Waals surface area (Å²) in [6.07, 6.45) is 0. The van der Waals surface area contributed by atoms with E-state index in [1.165, 1.54) is 6.07 Å². The number of halogens is 2. The molecule has 0 amide bonds. The summed E-state index contributed by atoms with van der Waals surface area (Å²) in [6, 6.07) is 8.13. The summed E-state index contributed by atoms with van der Waals surface area (Å²) in [5, 5.41) is -0.250. The zero-order valence-electron chi connectivity index (χ0n) is 9.89. The molecule has 0 aliphatic carbocycles. The molecule has 0 aliphatic heterocycles. The Morgan fingerprint density at radius 1 is 1.26 bits per heavy atom. The smallest absolute Gasteiger partial charge is 0.263 e. The Hall–Kier alpha value is -1.66. The van der Waals surface area contributed by atoms with Crippen molar-refractivity contribution in [3.63, 3.8) is 0 Å². The van der Waals surface area contributed by atoms with Gasteiger partial charge in [0.05, 0.1) is 9.92 Å². The quantitative estimate of drug-likeness (QED) is 0.948. The van der Waals surface area contributed by atoms with Crippen LogP contribution in [0.15, 0.2) is 41.3 Å². The van der Waals surface area contributed by atoms with Crippen molar-refractivity contribution in [3.05, 3.63) is 52.9 Å². The van der Waals surface area contributed by atoms with Crippen molar-refractivity contribution in [2.45, 2.75) is 11.8 Å². The first-order chi connectivity index (χ1) is 8.88. The number of hydrogen-bond donors (Lipinski definition) is 1. The van der Waals surface area contributed by atoms with E-state index >= 15 is 0 Å². The molecule has 0 fully saturated rings. The van der Waals surface area contributed by atoms with E-state index in [0.717, 1.165) is 18.2 Å². The number of hydrogen-bond acceptors (Lipinski definition) is 3. The molecule has 0 aliphatic rings. The second kappa shape index (κ2) is 5.14. The van der Waals surface area contributed by atoms with Gasteiger partial charge in [0.2, 0.25) is 0 Å². The molecule has 0 spiro atoms. The number of rotatable bonds is 3. The monoisotopic (exact) mass is 300 g/mol. The molecule has 0 bridgehead atoms. The number of sulfonamides is 1. The second-order valence-electron chi connectivity index (χ2n) is 3.85. The molecule has 0 saturated carbocycles. The first-order valence-corrected chi connectivity index (χ1v) is 7.16. The number of anilines is 1. The predicted octanol–water partition coefficient (Wildman–Crippen LogP) is 2.98. The van der Waals surface area contributed by atoms with Crippen molar-refractivity contribution in [2.75, 3.05) is 4.72 Å². The fourth-order valence-corrected chi connectivity index (χ4v) is 2.71. The fourth-order valence-electron chi connectivity index (χ4n) is 1.44. The molecule has 0 saturated heterocycles. The highest BCUT2D eigenvalue weighted by molar-refractivity contribution is 7.92. The van der Waals surface area contributed by atoms with Gasteiger partial charge in [-0.2, -0.15) is 0 Å². The molecule has 1 N–H and O–H groups in total. The highest BCUT2D eigenvalue weighted by Gasteiger charge is 2.16. The standard InChI is InChI=1S/C12H10ClFN2O2S/c1-8-3-2-4-12(15-8)16-19(17,18)9-5-6-11(14)10(13)7-9/h2-7H,1H3,(H,15,16). The van der Waals surface area contributed by atoms with Crippen molar-refractivity contribution in [2.24, 2.45) is 0 Å². The van der Waals surface area contributed by atoms with Crippen LogP contribution in [0.2, 0.25) is 5.02 Å². The van der Waals surface area contributed by atoms with Gasteiger partial charge >= 0.3 is 0 Å². The molecule has 0 radical (unpaired) electrons. The third-order valence-electron chi connectivity index (χ3n) is 2.33. The number of aryl methyl sites for hydroxylation is 1. The molecule has 1 aromatic heterocycles. The van der Waals surface area contributed by atoms with Crippen LogP contribution in [0.1, 0.15) is 5.69 Å². The summed E-state index contributed by atoms with van der Waals surface area (Å²) in [4.78, 5) is 3.90. The Kier molecular flexibility index (Phi) is 3.73. The van der Waals surface area contributed by atoms with Gasteiger partial charge in [0.15, 0.2) is 0 Å². The molecule has 100 valence electrons. The van der Waals surface area contributed by atoms with Gasteiger partial charge in [-0.3, -0.25) is 4.72 Å². The van der Waals surface area contributed by atoms with Gasteiger partial charge < -0.3 is 0 Å².